The Kier molecular flexibility index (Phi) is 9.87. The smallest absolute Gasteiger partial charge is 0.335 e. The zero-order valence-electron chi connectivity index (χ0n) is 20.5. The second-order valence-corrected chi connectivity index (χ2v) is 9.65. The van der Waals surface area contributed by atoms with Crippen LogP contribution in [0.1, 0.15) is 47.5 Å². The van der Waals surface area contributed by atoms with Crippen LogP contribution in [0.5, 0.6) is 0 Å². The first kappa shape index (κ1) is 26.8. The predicted octanol–water partition coefficient (Wildman–Crippen LogP) is 4.50. The second kappa shape index (κ2) is 12.1. The molecule has 2 amide bonds. The van der Waals surface area contributed by atoms with Crippen LogP contribution in [0.15, 0.2) is 57.8 Å². The van der Waals surface area contributed by atoms with Gasteiger partial charge in [-0.1, -0.05) is 61.8 Å². The molecule has 0 bridgehead atoms. The number of allylic oxidation sites excluding steroid dienone is 5. The van der Waals surface area contributed by atoms with Gasteiger partial charge in [0.2, 0.25) is 0 Å². The molecule has 0 aromatic heterocycles. The Bertz CT molecular complexity index is 891. The fraction of sp³-hybridized carbons (Fsp3) is 0.542. The van der Waals surface area contributed by atoms with E-state index in [1.165, 1.54) is 12.4 Å². The molecule has 8 nitrogen and oxygen atoms in total. The van der Waals surface area contributed by atoms with Crippen molar-refractivity contribution in [3.8, 4) is 0 Å². The van der Waals surface area contributed by atoms with Crippen molar-refractivity contribution in [1.82, 2.24) is 10.3 Å². The lowest BCUT2D eigenvalue weighted by Gasteiger charge is -2.24. The number of hydrogen-bond donors (Lipinski definition) is 2. The number of urea groups is 1. The quantitative estimate of drug-likeness (QED) is 0.0975. The summed E-state index contributed by atoms with van der Waals surface area (Å²) in [5, 5.41) is 13.6. The molecule has 2 rings (SSSR count). The molecule has 9 heteroatoms. The lowest BCUT2D eigenvalue weighted by Crippen LogP contribution is -2.42. The monoisotopic (exact) mass is 475 g/mol. The van der Waals surface area contributed by atoms with Crippen LogP contribution in [-0.2, 0) is 9.68 Å². The molecule has 0 radical (unpaired) electrons. The Labute approximate surface area is 199 Å². The molecule has 0 saturated carbocycles. The first-order valence-corrected chi connectivity index (χ1v) is 11.9. The molecule has 1 aliphatic heterocycles. The molecule has 1 aliphatic carbocycles. The number of fused-ring (bicyclic) bond motifs is 1. The van der Waals surface area contributed by atoms with E-state index in [-0.39, 0.29) is 18.6 Å². The average molecular weight is 476 g/mol. The summed E-state index contributed by atoms with van der Waals surface area (Å²) in [6.07, 6.45) is 14.0. The highest BCUT2D eigenvalue weighted by atomic mass is 31.0. The summed E-state index contributed by atoms with van der Waals surface area (Å²) in [6, 6.07) is -0.400. The van der Waals surface area contributed by atoms with Gasteiger partial charge in [-0.2, -0.15) is 0 Å². The first-order chi connectivity index (χ1) is 15.6. The van der Waals surface area contributed by atoms with E-state index in [0.29, 0.717) is 17.3 Å². The van der Waals surface area contributed by atoms with Gasteiger partial charge in [0.1, 0.15) is 18.0 Å². The maximum absolute atomic E-state index is 12.1. The van der Waals surface area contributed by atoms with Gasteiger partial charge in [0.25, 0.3) is 0 Å². The standard InChI is InChI=1S/C24H38N5O3P/c1-7-16(2)10-8-12-20(26-23(30)29(6)25)17(3)15-31-27-18(4)22-24(5)13-9-11-19(33)14-21(24)32-28-22/h8-10,12-14,16-17,21H,7,11,15,25,33H2,1-6H3,(H,26,30)/b10-8-,20-12+,27-18?/t16?,17?,21-,24?/m0/s1. The van der Waals surface area contributed by atoms with E-state index in [9.17, 15) is 4.79 Å². The Morgan fingerprint density at radius 1 is 1.55 bits per heavy atom. The highest BCUT2D eigenvalue weighted by Crippen LogP contribution is 2.39. The van der Waals surface area contributed by atoms with Crippen LogP contribution in [0, 0.1) is 17.3 Å². The van der Waals surface area contributed by atoms with Crippen molar-refractivity contribution in [1.29, 1.82) is 0 Å². The average Bonchev–Trinajstić information content (AvgIpc) is 2.99. The van der Waals surface area contributed by atoms with Crippen LogP contribution in [-0.4, -0.2) is 42.2 Å². The molecule has 33 heavy (non-hydrogen) atoms. The third-order valence-corrected chi connectivity index (χ3v) is 6.30. The number of nitrogens with zero attached hydrogens (tertiary/aromatic N) is 3. The molecule has 1 heterocycles. The van der Waals surface area contributed by atoms with Crippen molar-refractivity contribution in [2.24, 2.45) is 33.4 Å². The van der Waals surface area contributed by atoms with Crippen molar-refractivity contribution >= 4 is 26.7 Å². The SMILES string of the molecule is CCC(C)/C=C\C=C(\NC(=O)N(C)N)C(C)CON=C(C)C1=NO[C@H]2C=C(P)CC=CC12C. The van der Waals surface area contributed by atoms with Gasteiger partial charge in [0.15, 0.2) is 6.10 Å². The maximum atomic E-state index is 12.1. The molecule has 182 valence electrons. The van der Waals surface area contributed by atoms with Crippen molar-refractivity contribution < 1.29 is 14.5 Å². The minimum absolute atomic E-state index is 0.127. The van der Waals surface area contributed by atoms with Crippen LogP contribution >= 0.6 is 9.24 Å². The molecule has 4 unspecified atom stereocenters. The number of amides is 2. The van der Waals surface area contributed by atoms with E-state index in [1.54, 1.807) is 0 Å². The summed E-state index contributed by atoms with van der Waals surface area (Å²) in [5.74, 6) is 5.89. The summed E-state index contributed by atoms with van der Waals surface area (Å²) in [7, 11) is 4.23. The molecule has 5 atom stereocenters. The topological polar surface area (TPSA) is 102 Å². The zero-order valence-corrected chi connectivity index (χ0v) is 21.7. The van der Waals surface area contributed by atoms with Gasteiger partial charge in [-0.25, -0.2) is 10.6 Å². The highest BCUT2D eigenvalue weighted by Gasteiger charge is 2.45. The number of carbonyl (C=O) groups is 1. The molecular formula is C24H38N5O3P. The van der Waals surface area contributed by atoms with Crippen LogP contribution in [0.25, 0.3) is 0 Å². The normalized spacial score (nSPS) is 24.9. The van der Waals surface area contributed by atoms with Gasteiger partial charge in [-0.15, -0.1) is 9.24 Å². The van der Waals surface area contributed by atoms with E-state index in [1.807, 2.05) is 26.0 Å². The summed E-state index contributed by atoms with van der Waals surface area (Å²) in [6.45, 7) is 10.4. The Balaban J connectivity index is 2.08. The van der Waals surface area contributed by atoms with Crippen molar-refractivity contribution in [2.45, 2.75) is 53.6 Å². The fourth-order valence-electron chi connectivity index (χ4n) is 3.39. The van der Waals surface area contributed by atoms with Crippen LogP contribution in [0.3, 0.4) is 0 Å². The van der Waals surface area contributed by atoms with E-state index < -0.39 is 11.4 Å². The molecule has 0 aromatic rings. The fourth-order valence-corrected chi connectivity index (χ4v) is 3.70. The molecular weight excluding hydrogens is 437 g/mol. The number of carbonyl (C=O) groups excluding carboxylic acids is 1. The minimum atomic E-state index is -0.400. The van der Waals surface area contributed by atoms with Gasteiger partial charge in [-0.3, -0.25) is 5.01 Å². The number of hydrazine groups is 1. The van der Waals surface area contributed by atoms with E-state index >= 15 is 0 Å². The summed E-state index contributed by atoms with van der Waals surface area (Å²) in [5.41, 5.74) is 1.71. The number of nitrogens with one attached hydrogen (secondary N) is 1. The Morgan fingerprint density at radius 2 is 2.27 bits per heavy atom. The highest BCUT2D eigenvalue weighted by molar-refractivity contribution is 7.22. The number of nitrogens with two attached hydrogens (primary N) is 1. The van der Waals surface area contributed by atoms with E-state index in [4.69, 9.17) is 15.5 Å². The number of oxime groups is 2. The number of hydrogen-bond acceptors (Lipinski definition) is 6. The summed E-state index contributed by atoms with van der Waals surface area (Å²) >= 11 is 0. The second-order valence-electron chi connectivity index (χ2n) is 8.90. The zero-order chi connectivity index (χ0) is 24.6. The molecule has 0 saturated heterocycles. The van der Waals surface area contributed by atoms with Gasteiger partial charge in [-0.05, 0) is 43.7 Å². The predicted molar refractivity (Wildman–Crippen MR) is 137 cm³/mol. The molecule has 0 aromatic carbocycles. The first-order valence-electron chi connectivity index (χ1n) is 11.3. The largest absolute Gasteiger partial charge is 0.395 e. The third-order valence-electron chi connectivity index (χ3n) is 5.87. The van der Waals surface area contributed by atoms with Crippen LogP contribution in [0.4, 0.5) is 4.79 Å². The van der Waals surface area contributed by atoms with Crippen LogP contribution < -0.4 is 11.2 Å². The summed E-state index contributed by atoms with van der Waals surface area (Å²) in [4.78, 5) is 23.4. The van der Waals surface area contributed by atoms with Gasteiger partial charge in [0, 0.05) is 18.7 Å². The minimum Gasteiger partial charge on any atom is -0.395 e. The van der Waals surface area contributed by atoms with Gasteiger partial charge in [0.05, 0.1) is 5.41 Å². The van der Waals surface area contributed by atoms with Crippen molar-refractivity contribution in [3.05, 3.63) is 47.5 Å². The van der Waals surface area contributed by atoms with Crippen molar-refractivity contribution in [3.63, 3.8) is 0 Å². The maximum Gasteiger partial charge on any atom is 0.335 e. The lowest BCUT2D eigenvalue weighted by molar-refractivity contribution is 0.0818. The van der Waals surface area contributed by atoms with Gasteiger partial charge >= 0.3 is 6.03 Å². The Morgan fingerprint density at radius 3 is 2.94 bits per heavy atom. The van der Waals surface area contributed by atoms with E-state index in [2.05, 4.69) is 69.9 Å². The number of rotatable bonds is 9. The van der Waals surface area contributed by atoms with Crippen LogP contribution in [0.2, 0.25) is 0 Å². The summed E-state index contributed by atoms with van der Waals surface area (Å²) < 4.78 is 0. The molecule has 0 spiro atoms. The van der Waals surface area contributed by atoms with E-state index in [0.717, 1.165) is 23.6 Å². The Hall–Kier alpha value is -2.44. The third kappa shape index (κ3) is 7.27. The van der Waals surface area contributed by atoms with Gasteiger partial charge < -0.3 is 15.0 Å². The molecule has 3 N–H and O–H groups in total. The lowest BCUT2D eigenvalue weighted by atomic mass is 9.78. The van der Waals surface area contributed by atoms with Crippen molar-refractivity contribution in [2.75, 3.05) is 13.7 Å². The molecule has 0 fully saturated rings. The molecule has 2 aliphatic rings.